The lowest BCUT2D eigenvalue weighted by Crippen LogP contribution is -2.55. The Labute approximate surface area is 128 Å². The molecule has 0 radical (unpaired) electrons. The third kappa shape index (κ3) is 3.88. The van der Waals surface area contributed by atoms with E-state index in [0.717, 1.165) is 0 Å². The molecule has 120 valence electrons. The second-order valence-corrected chi connectivity index (χ2v) is 7.68. The fourth-order valence-electron chi connectivity index (χ4n) is 2.47. The summed E-state index contributed by atoms with van der Waals surface area (Å²) in [5.74, 6) is 0. The molecule has 4 nitrogen and oxygen atoms in total. The lowest BCUT2D eigenvalue weighted by molar-refractivity contribution is -0.0617. The SMILES string of the molecule is C=CC[C@@]1(C=C)CO[C@H](C(C)(C)C)N1C(=O)OC(C)(C)C. The van der Waals surface area contributed by atoms with Gasteiger partial charge < -0.3 is 9.47 Å². The normalized spacial score (nSPS) is 26.6. The summed E-state index contributed by atoms with van der Waals surface area (Å²) in [7, 11) is 0. The van der Waals surface area contributed by atoms with Gasteiger partial charge in [0.15, 0.2) is 0 Å². The quantitative estimate of drug-likeness (QED) is 0.735. The van der Waals surface area contributed by atoms with Gasteiger partial charge in [-0.05, 0) is 27.2 Å². The molecule has 1 saturated heterocycles. The molecule has 1 fully saturated rings. The Morgan fingerprint density at radius 2 is 1.90 bits per heavy atom. The average molecular weight is 295 g/mol. The maximum absolute atomic E-state index is 12.7. The van der Waals surface area contributed by atoms with Crippen LogP contribution in [0.25, 0.3) is 0 Å². The van der Waals surface area contributed by atoms with E-state index in [2.05, 4.69) is 13.2 Å². The Morgan fingerprint density at radius 3 is 2.29 bits per heavy atom. The number of nitrogens with zero attached hydrogens (tertiary/aromatic N) is 1. The van der Waals surface area contributed by atoms with E-state index in [9.17, 15) is 4.79 Å². The summed E-state index contributed by atoms with van der Waals surface area (Å²) in [4.78, 5) is 14.4. The van der Waals surface area contributed by atoms with E-state index >= 15 is 0 Å². The fourth-order valence-corrected chi connectivity index (χ4v) is 2.47. The lowest BCUT2D eigenvalue weighted by atomic mass is 9.89. The van der Waals surface area contributed by atoms with Crippen molar-refractivity contribution in [2.75, 3.05) is 6.61 Å². The van der Waals surface area contributed by atoms with E-state index < -0.39 is 11.1 Å². The van der Waals surface area contributed by atoms with Crippen LogP contribution in [0.4, 0.5) is 4.79 Å². The summed E-state index contributed by atoms with van der Waals surface area (Å²) in [6.45, 7) is 19.8. The predicted octanol–water partition coefficient (Wildman–Crippen LogP) is 4.13. The van der Waals surface area contributed by atoms with Crippen LogP contribution >= 0.6 is 0 Å². The van der Waals surface area contributed by atoms with Crippen LogP contribution in [-0.2, 0) is 9.47 Å². The molecule has 21 heavy (non-hydrogen) atoms. The summed E-state index contributed by atoms with van der Waals surface area (Å²) in [5, 5.41) is 0. The topological polar surface area (TPSA) is 38.8 Å². The van der Waals surface area contributed by atoms with E-state index in [1.54, 1.807) is 17.1 Å². The molecule has 1 heterocycles. The Kier molecular flexibility index (Phi) is 4.94. The number of amides is 1. The first-order valence-electron chi connectivity index (χ1n) is 7.35. The highest BCUT2D eigenvalue weighted by Gasteiger charge is 2.52. The van der Waals surface area contributed by atoms with Gasteiger partial charge in [-0.2, -0.15) is 0 Å². The van der Waals surface area contributed by atoms with Gasteiger partial charge in [0.05, 0.1) is 12.1 Å². The van der Waals surface area contributed by atoms with Gasteiger partial charge >= 0.3 is 6.09 Å². The molecule has 0 spiro atoms. The van der Waals surface area contributed by atoms with Crippen LogP contribution in [0.1, 0.15) is 48.0 Å². The van der Waals surface area contributed by atoms with E-state index in [-0.39, 0.29) is 17.7 Å². The average Bonchev–Trinajstić information content (AvgIpc) is 2.67. The highest BCUT2D eigenvalue weighted by molar-refractivity contribution is 5.70. The first kappa shape index (κ1) is 17.8. The largest absolute Gasteiger partial charge is 0.444 e. The summed E-state index contributed by atoms with van der Waals surface area (Å²) >= 11 is 0. The maximum atomic E-state index is 12.7. The van der Waals surface area contributed by atoms with Crippen LogP contribution < -0.4 is 0 Å². The number of rotatable bonds is 3. The first-order valence-corrected chi connectivity index (χ1v) is 7.35. The third-order valence-corrected chi connectivity index (χ3v) is 3.41. The van der Waals surface area contributed by atoms with Crippen LogP contribution in [0.3, 0.4) is 0 Å². The summed E-state index contributed by atoms with van der Waals surface area (Å²) in [5.41, 5.74) is -1.37. The minimum atomic E-state index is -0.595. The molecule has 2 atom stereocenters. The maximum Gasteiger partial charge on any atom is 0.413 e. The second-order valence-electron chi connectivity index (χ2n) is 7.68. The van der Waals surface area contributed by atoms with Crippen LogP contribution in [0.2, 0.25) is 0 Å². The molecular formula is C17H29NO3. The van der Waals surface area contributed by atoms with Crippen molar-refractivity contribution in [3.63, 3.8) is 0 Å². The zero-order valence-corrected chi connectivity index (χ0v) is 14.2. The molecule has 0 aromatic carbocycles. The van der Waals surface area contributed by atoms with Gasteiger partial charge in [-0.3, -0.25) is 4.90 Å². The smallest absolute Gasteiger partial charge is 0.413 e. The Hall–Kier alpha value is -1.29. The number of hydrogen-bond donors (Lipinski definition) is 0. The molecule has 1 aliphatic heterocycles. The number of carbonyl (C=O) groups is 1. The van der Waals surface area contributed by atoms with Crippen molar-refractivity contribution in [1.82, 2.24) is 4.90 Å². The Morgan fingerprint density at radius 1 is 1.33 bits per heavy atom. The fraction of sp³-hybridized carbons (Fsp3) is 0.706. The lowest BCUT2D eigenvalue weighted by Gasteiger charge is -2.41. The van der Waals surface area contributed by atoms with Crippen molar-refractivity contribution < 1.29 is 14.3 Å². The monoisotopic (exact) mass is 295 g/mol. The van der Waals surface area contributed by atoms with Crippen LogP contribution in [0.15, 0.2) is 25.3 Å². The summed E-state index contributed by atoms with van der Waals surface area (Å²) in [6, 6.07) is 0. The highest BCUT2D eigenvalue weighted by atomic mass is 16.6. The number of carbonyl (C=O) groups excluding carboxylic acids is 1. The molecule has 1 aliphatic rings. The summed E-state index contributed by atoms with van der Waals surface area (Å²) < 4.78 is 11.5. The van der Waals surface area contributed by atoms with Gasteiger partial charge in [0.2, 0.25) is 0 Å². The molecule has 0 saturated carbocycles. The van der Waals surface area contributed by atoms with Crippen molar-refractivity contribution in [2.45, 2.75) is 65.3 Å². The Bertz CT molecular complexity index is 417. The van der Waals surface area contributed by atoms with Gasteiger partial charge in [0.25, 0.3) is 0 Å². The zero-order chi connectivity index (χ0) is 16.5. The van der Waals surface area contributed by atoms with Crippen molar-refractivity contribution in [3.8, 4) is 0 Å². The molecule has 0 aromatic rings. The minimum Gasteiger partial charge on any atom is -0.444 e. The second kappa shape index (κ2) is 5.84. The van der Waals surface area contributed by atoms with E-state index in [0.29, 0.717) is 13.0 Å². The molecule has 0 aromatic heterocycles. The first-order chi connectivity index (χ1) is 9.47. The van der Waals surface area contributed by atoms with E-state index in [1.807, 2.05) is 41.5 Å². The van der Waals surface area contributed by atoms with Gasteiger partial charge in [-0.15, -0.1) is 13.2 Å². The van der Waals surface area contributed by atoms with Crippen molar-refractivity contribution in [2.24, 2.45) is 5.41 Å². The zero-order valence-electron chi connectivity index (χ0n) is 14.2. The predicted molar refractivity (Wildman–Crippen MR) is 85.0 cm³/mol. The van der Waals surface area contributed by atoms with Gasteiger partial charge in [0, 0.05) is 5.41 Å². The molecule has 0 bridgehead atoms. The molecule has 1 rings (SSSR count). The van der Waals surface area contributed by atoms with Crippen molar-refractivity contribution in [1.29, 1.82) is 0 Å². The number of ether oxygens (including phenoxy) is 2. The standard InChI is InChI=1S/C17H29NO3/c1-9-11-17(10-2)12-20-13(15(3,4)5)18(17)14(19)21-16(6,7)8/h9-10,13H,1-2,11-12H2,3-8H3/t13-,17+/m1/s1. The number of hydrogen-bond acceptors (Lipinski definition) is 3. The van der Waals surface area contributed by atoms with Crippen LogP contribution in [0.5, 0.6) is 0 Å². The van der Waals surface area contributed by atoms with Gasteiger partial charge in [-0.1, -0.05) is 32.9 Å². The van der Waals surface area contributed by atoms with Crippen molar-refractivity contribution in [3.05, 3.63) is 25.3 Å². The van der Waals surface area contributed by atoms with Crippen molar-refractivity contribution >= 4 is 6.09 Å². The summed E-state index contributed by atoms with van der Waals surface area (Å²) in [6.07, 6.45) is 3.41. The van der Waals surface area contributed by atoms with E-state index in [4.69, 9.17) is 9.47 Å². The van der Waals surface area contributed by atoms with Gasteiger partial charge in [-0.25, -0.2) is 4.79 Å². The molecular weight excluding hydrogens is 266 g/mol. The molecule has 0 N–H and O–H groups in total. The molecule has 4 heteroatoms. The molecule has 0 unspecified atom stereocenters. The van der Waals surface area contributed by atoms with Crippen LogP contribution in [0, 0.1) is 5.41 Å². The molecule has 1 amide bonds. The van der Waals surface area contributed by atoms with Gasteiger partial charge in [0.1, 0.15) is 11.8 Å². The minimum absolute atomic E-state index is 0.219. The highest BCUT2D eigenvalue weighted by Crippen LogP contribution is 2.40. The Balaban J connectivity index is 3.20. The third-order valence-electron chi connectivity index (χ3n) is 3.41. The van der Waals surface area contributed by atoms with E-state index in [1.165, 1.54) is 0 Å². The van der Waals surface area contributed by atoms with Crippen LogP contribution in [-0.4, -0.2) is 35.0 Å². The molecule has 0 aliphatic carbocycles.